The van der Waals surface area contributed by atoms with Crippen molar-refractivity contribution in [1.82, 2.24) is 19.7 Å². The number of carbonyl (C=O) groups is 3. The van der Waals surface area contributed by atoms with E-state index in [1.165, 1.54) is 27.9 Å². The Hall–Kier alpha value is -3.24. The van der Waals surface area contributed by atoms with Gasteiger partial charge in [0.2, 0.25) is 11.8 Å². The molecule has 2 aromatic carbocycles. The zero-order chi connectivity index (χ0) is 30.1. The monoisotopic (exact) mass is 627 g/mol. The summed E-state index contributed by atoms with van der Waals surface area (Å²) < 4.78 is 0. The quantitative estimate of drug-likeness (QED) is 0.300. The molecule has 0 radical (unpaired) electrons. The lowest BCUT2D eigenvalue weighted by Gasteiger charge is -2.34. The maximum absolute atomic E-state index is 13.2. The number of carbonyl (C=O) groups excluding carboxylic acids is 3. The van der Waals surface area contributed by atoms with E-state index in [0.29, 0.717) is 35.5 Å². The van der Waals surface area contributed by atoms with Crippen molar-refractivity contribution in [3.63, 3.8) is 0 Å². The molecule has 1 aromatic heterocycles. The second kappa shape index (κ2) is 15.3. The molecule has 3 aromatic rings. The summed E-state index contributed by atoms with van der Waals surface area (Å²) in [6.07, 6.45) is 4.45. The number of thiazole rings is 1. The third-order valence-corrected chi connectivity index (χ3v) is 8.05. The van der Waals surface area contributed by atoms with Gasteiger partial charge in [-0.1, -0.05) is 79.5 Å². The van der Waals surface area contributed by atoms with Gasteiger partial charge in [0, 0.05) is 49.7 Å². The molecule has 0 atom stereocenters. The van der Waals surface area contributed by atoms with Crippen LogP contribution >= 0.6 is 34.5 Å². The highest BCUT2D eigenvalue weighted by Crippen LogP contribution is 2.23. The van der Waals surface area contributed by atoms with Crippen LogP contribution in [0.3, 0.4) is 0 Å². The van der Waals surface area contributed by atoms with Gasteiger partial charge in [0.15, 0.2) is 5.13 Å². The fourth-order valence-corrected chi connectivity index (χ4v) is 5.84. The number of rotatable bonds is 11. The molecule has 42 heavy (non-hydrogen) atoms. The SMILES string of the molecule is CC(C)CN(CC(=O)Nc1nc(CC(=O)N2CCN(CC=Cc3ccccc3)CC2)cs1)C(=O)c1ccc(Cl)cc1Cl. The zero-order valence-electron chi connectivity index (χ0n) is 23.8. The molecule has 0 saturated carbocycles. The van der Waals surface area contributed by atoms with Crippen molar-refractivity contribution in [3.8, 4) is 0 Å². The second-order valence-corrected chi connectivity index (χ2v) is 12.3. The van der Waals surface area contributed by atoms with Crippen molar-refractivity contribution in [1.29, 1.82) is 0 Å². The summed E-state index contributed by atoms with van der Waals surface area (Å²) in [5.74, 6) is -0.568. The van der Waals surface area contributed by atoms with E-state index in [2.05, 4.69) is 39.5 Å². The molecular weight excluding hydrogens is 593 g/mol. The van der Waals surface area contributed by atoms with E-state index in [1.807, 2.05) is 36.9 Å². The highest BCUT2D eigenvalue weighted by molar-refractivity contribution is 7.13. The molecule has 0 aliphatic carbocycles. The second-order valence-electron chi connectivity index (χ2n) is 10.6. The Morgan fingerprint density at radius 2 is 1.81 bits per heavy atom. The lowest BCUT2D eigenvalue weighted by molar-refractivity contribution is -0.132. The van der Waals surface area contributed by atoms with Crippen molar-refractivity contribution in [2.24, 2.45) is 5.92 Å². The van der Waals surface area contributed by atoms with Crippen LogP contribution in [0.15, 0.2) is 60.0 Å². The number of benzene rings is 2. The molecule has 0 spiro atoms. The average Bonchev–Trinajstić information content (AvgIpc) is 3.39. The van der Waals surface area contributed by atoms with Crippen LogP contribution in [0.4, 0.5) is 5.13 Å². The molecule has 3 amide bonds. The van der Waals surface area contributed by atoms with Crippen molar-refractivity contribution < 1.29 is 14.4 Å². The third kappa shape index (κ3) is 9.39. The van der Waals surface area contributed by atoms with Crippen molar-refractivity contribution >= 4 is 63.5 Å². The summed E-state index contributed by atoms with van der Waals surface area (Å²) >= 11 is 13.5. The van der Waals surface area contributed by atoms with E-state index in [1.54, 1.807) is 17.5 Å². The van der Waals surface area contributed by atoms with Gasteiger partial charge >= 0.3 is 0 Å². The van der Waals surface area contributed by atoms with Crippen LogP contribution < -0.4 is 5.32 Å². The summed E-state index contributed by atoms with van der Waals surface area (Å²) in [4.78, 5) is 49.1. The van der Waals surface area contributed by atoms with Crippen molar-refractivity contribution in [3.05, 3.63) is 86.9 Å². The predicted molar refractivity (Wildman–Crippen MR) is 170 cm³/mol. The normalized spacial score (nSPS) is 14.0. The maximum Gasteiger partial charge on any atom is 0.255 e. The molecular formula is C31H35Cl2N5O3S. The predicted octanol–water partition coefficient (Wildman–Crippen LogP) is 5.59. The first-order valence-corrected chi connectivity index (χ1v) is 15.5. The first kappa shape index (κ1) is 31.7. The van der Waals surface area contributed by atoms with Crippen LogP contribution in [-0.4, -0.2) is 83.2 Å². The minimum atomic E-state index is -0.376. The molecule has 222 valence electrons. The fourth-order valence-electron chi connectivity index (χ4n) is 4.62. The highest BCUT2D eigenvalue weighted by Gasteiger charge is 2.24. The Labute approximate surface area is 260 Å². The van der Waals surface area contributed by atoms with Gasteiger partial charge in [0.05, 0.1) is 22.7 Å². The first-order valence-electron chi connectivity index (χ1n) is 13.9. The summed E-state index contributed by atoms with van der Waals surface area (Å²) in [6, 6.07) is 14.9. The lowest BCUT2D eigenvalue weighted by atomic mass is 10.1. The van der Waals surface area contributed by atoms with Gasteiger partial charge in [0.1, 0.15) is 6.54 Å². The first-order chi connectivity index (χ1) is 20.2. The number of piperazine rings is 1. The average molecular weight is 629 g/mol. The van der Waals surface area contributed by atoms with Crippen LogP contribution in [0.1, 0.15) is 35.5 Å². The van der Waals surface area contributed by atoms with Gasteiger partial charge in [-0.05, 0) is 29.7 Å². The largest absolute Gasteiger partial charge is 0.340 e. The van der Waals surface area contributed by atoms with Crippen LogP contribution in [0.2, 0.25) is 10.0 Å². The van der Waals surface area contributed by atoms with Crippen LogP contribution in [-0.2, 0) is 16.0 Å². The highest BCUT2D eigenvalue weighted by atomic mass is 35.5. The van der Waals surface area contributed by atoms with E-state index in [9.17, 15) is 14.4 Å². The molecule has 1 N–H and O–H groups in total. The van der Waals surface area contributed by atoms with E-state index in [0.717, 1.165) is 19.6 Å². The third-order valence-electron chi connectivity index (χ3n) is 6.70. The number of hydrogen-bond donors (Lipinski definition) is 1. The van der Waals surface area contributed by atoms with Crippen molar-refractivity contribution in [2.75, 3.05) is 51.1 Å². The van der Waals surface area contributed by atoms with Gasteiger partial charge < -0.3 is 15.1 Å². The number of hydrogen-bond acceptors (Lipinski definition) is 6. The number of amides is 3. The number of nitrogens with zero attached hydrogens (tertiary/aromatic N) is 4. The number of halogens is 2. The minimum Gasteiger partial charge on any atom is -0.340 e. The Bertz CT molecular complexity index is 1400. The Morgan fingerprint density at radius 1 is 1.07 bits per heavy atom. The summed E-state index contributed by atoms with van der Waals surface area (Å²) in [6.45, 7) is 7.97. The molecule has 0 bridgehead atoms. The molecule has 0 unspecified atom stereocenters. The minimum absolute atomic E-state index is 0.0196. The summed E-state index contributed by atoms with van der Waals surface area (Å²) in [7, 11) is 0. The number of anilines is 1. The topological polar surface area (TPSA) is 85.8 Å². The lowest BCUT2D eigenvalue weighted by Crippen LogP contribution is -2.49. The van der Waals surface area contributed by atoms with Gasteiger partial charge in [-0.3, -0.25) is 19.3 Å². The smallest absolute Gasteiger partial charge is 0.255 e. The molecule has 4 rings (SSSR count). The Balaban J connectivity index is 1.25. The molecule has 1 fully saturated rings. The van der Waals surface area contributed by atoms with E-state index in [-0.39, 0.29) is 47.2 Å². The van der Waals surface area contributed by atoms with Gasteiger partial charge in [0.25, 0.3) is 5.91 Å². The molecule has 1 aliphatic heterocycles. The summed E-state index contributed by atoms with van der Waals surface area (Å²) in [5, 5.41) is 5.60. The molecule has 8 nitrogen and oxygen atoms in total. The van der Waals surface area contributed by atoms with Gasteiger partial charge in [-0.15, -0.1) is 11.3 Å². The van der Waals surface area contributed by atoms with Gasteiger partial charge in [-0.25, -0.2) is 4.98 Å². The van der Waals surface area contributed by atoms with Crippen LogP contribution in [0.25, 0.3) is 6.08 Å². The van der Waals surface area contributed by atoms with E-state index >= 15 is 0 Å². The standard InChI is InChI=1S/C31H35Cl2N5O3S/c1-22(2)19-38(30(41)26-11-10-24(32)17-27(26)33)20-28(39)35-31-34-25(21-42-31)18-29(40)37-15-13-36(14-16-37)12-6-9-23-7-4-3-5-8-23/h3-11,17,21-22H,12-16,18-20H2,1-2H3,(H,34,35,39). The van der Waals surface area contributed by atoms with E-state index in [4.69, 9.17) is 23.2 Å². The molecule has 11 heteroatoms. The van der Waals surface area contributed by atoms with E-state index < -0.39 is 0 Å². The van der Waals surface area contributed by atoms with Gasteiger partial charge in [-0.2, -0.15) is 0 Å². The van der Waals surface area contributed by atoms with Crippen LogP contribution in [0.5, 0.6) is 0 Å². The number of aromatic nitrogens is 1. The summed E-state index contributed by atoms with van der Waals surface area (Å²) in [5.41, 5.74) is 2.07. The van der Waals surface area contributed by atoms with Crippen molar-refractivity contribution in [2.45, 2.75) is 20.3 Å². The molecule has 1 saturated heterocycles. The molecule has 1 aliphatic rings. The Morgan fingerprint density at radius 3 is 2.50 bits per heavy atom. The molecule has 2 heterocycles. The number of nitrogens with one attached hydrogen (secondary N) is 1. The maximum atomic E-state index is 13.2. The fraction of sp³-hybridized carbons (Fsp3) is 0.355. The Kier molecular flexibility index (Phi) is 11.5. The zero-order valence-corrected chi connectivity index (χ0v) is 26.1. The van der Waals surface area contributed by atoms with Crippen LogP contribution in [0, 0.1) is 5.92 Å².